The molecule has 0 radical (unpaired) electrons. The summed E-state index contributed by atoms with van der Waals surface area (Å²) in [5, 5.41) is 0. The molecule has 4 heteroatoms. The molecule has 0 bridgehead atoms. The maximum Gasteiger partial charge on any atom is 0.253 e. The zero-order valence-corrected chi connectivity index (χ0v) is 11.0. The second-order valence-corrected chi connectivity index (χ2v) is 4.59. The van der Waals surface area contributed by atoms with Crippen molar-refractivity contribution in [2.45, 2.75) is 11.4 Å². The first-order valence-corrected chi connectivity index (χ1v) is 6.05. The first-order valence-electron chi connectivity index (χ1n) is 5.60. The number of carbonyl (C=O) groups excluding carboxylic acids is 1. The Labute approximate surface area is 112 Å². The van der Waals surface area contributed by atoms with Crippen LogP contribution in [0.1, 0.15) is 15.9 Å². The highest BCUT2D eigenvalue weighted by molar-refractivity contribution is 7.80. The van der Waals surface area contributed by atoms with Crippen molar-refractivity contribution in [3.8, 4) is 0 Å². The third-order valence-electron chi connectivity index (χ3n) is 2.60. The van der Waals surface area contributed by atoms with Crippen molar-refractivity contribution in [2.24, 2.45) is 0 Å². The molecule has 18 heavy (non-hydrogen) atoms. The van der Waals surface area contributed by atoms with Gasteiger partial charge in [0.25, 0.3) is 5.91 Å². The molecule has 0 fully saturated rings. The molecule has 3 nitrogen and oxygen atoms in total. The van der Waals surface area contributed by atoms with Crippen LogP contribution >= 0.6 is 12.6 Å². The van der Waals surface area contributed by atoms with Crippen LogP contribution in [0.5, 0.6) is 0 Å². The van der Waals surface area contributed by atoms with Gasteiger partial charge >= 0.3 is 0 Å². The van der Waals surface area contributed by atoms with Gasteiger partial charge in [-0.3, -0.25) is 9.78 Å². The van der Waals surface area contributed by atoms with Crippen LogP contribution in [0.3, 0.4) is 0 Å². The number of thiol groups is 1. The molecule has 0 aliphatic heterocycles. The highest BCUT2D eigenvalue weighted by Crippen LogP contribution is 2.11. The van der Waals surface area contributed by atoms with Gasteiger partial charge in [-0.25, -0.2) is 0 Å². The molecule has 0 saturated heterocycles. The van der Waals surface area contributed by atoms with Gasteiger partial charge in [-0.1, -0.05) is 6.07 Å². The number of benzene rings is 1. The first kappa shape index (κ1) is 12.6. The van der Waals surface area contributed by atoms with Gasteiger partial charge in [0.2, 0.25) is 0 Å². The molecule has 0 aliphatic carbocycles. The molecule has 2 aromatic rings. The minimum atomic E-state index is -0.00723. The summed E-state index contributed by atoms with van der Waals surface area (Å²) in [6.07, 6.45) is 3.48. The van der Waals surface area contributed by atoms with Crippen LogP contribution in [0.2, 0.25) is 0 Å². The summed E-state index contributed by atoms with van der Waals surface area (Å²) >= 11 is 4.20. The van der Waals surface area contributed by atoms with E-state index < -0.39 is 0 Å². The van der Waals surface area contributed by atoms with Gasteiger partial charge in [0, 0.05) is 36.4 Å². The van der Waals surface area contributed by atoms with Crippen LogP contribution in [-0.4, -0.2) is 22.8 Å². The van der Waals surface area contributed by atoms with E-state index in [1.807, 2.05) is 24.3 Å². The number of aromatic nitrogens is 1. The largest absolute Gasteiger partial charge is 0.337 e. The van der Waals surface area contributed by atoms with Crippen molar-refractivity contribution in [1.29, 1.82) is 0 Å². The minimum absolute atomic E-state index is 0.00723. The Morgan fingerprint density at radius 1 is 1.28 bits per heavy atom. The van der Waals surface area contributed by atoms with E-state index in [2.05, 4.69) is 17.6 Å². The Morgan fingerprint density at radius 3 is 2.61 bits per heavy atom. The lowest BCUT2D eigenvalue weighted by molar-refractivity contribution is 0.0785. The van der Waals surface area contributed by atoms with Crippen molar-refractivity contribution in [2.75, 3.05) is 7.05 Å². The molecule has 92 valence electrons. The number of hydrogen-bond acceptors (Lipinski definition) is 3. The highest BCUT2D eigenvalue weighted by Gasteiger charge is 2.11. The molecule has 2 rings (SSSR count). The van der Waals surface area contributed by atoms with Gasteiger partial charge in [0.1, 0.15) is 0 Å². The van der Waals surface area contributed by atoms with Gasteiger partial charge in [-0.15, -0.1) is 12.6 Å². The molecule has 1 aromatic heterocycles. The number of carbonyl (C=O) groups is 1. The van der Waals surface area contributed by atoms with E-state index in [-0.39, 0.29) is 5.91 Å². The molecule has 1 amide bonds. The first-order chi connectivity index (χ1) is 8.66. The van der Waals surface area contributed by atoms with Crippen molar-refractivity contribution in [1.82, 2.24) is 9.88 Å². The predicted molar refractivity (Wildman–Crippen MR) is 73.7 cm³/mol. The van der Waals surface area contributed by atoms with Gasteiger partial charge in [0.05, 0.1) is 0 Å². The lowest BCUT2D eigenvalue weighted by Gasteiger charge is -2.17. The van der Waals surface area contributed by atoms with Crippen LogP contribution in [0.4, 0.5) is 0 Å². The van der Waals surface area contributed by atoms with E-state index in [0.717, 1.165) is 10.5 Å². The molecule has 0 aliphatic rings. The maximum atomic E-state index is 12.1. The zero-order chi connectivity index (χ0) is 13.0. The maximum absolute atomic E-state index is 12.1. The Bertz CT molecular complexity index is 525. The lowest BCUT2D eigenvalue weighted by Crippen LogP contribution is -2.26. The minimum Gasteiger partial charge on any atom is -0.337 e. The fraction of sp³-hybridized carbons (Fsp3) is 0.143. The Balaban J connectivity index is 2.07. The third-order valence-corrected chi connectivity index (χ3v) is 2.90. The monoisotopic (exact) mass is 258 g/mol. The van der Waals surface area contributed by atoms with E-state index in [0.29, 0.717) is 12.1 Å². The van der Waals surface area contributed by atoms with Gasteiger partial charge in [0.15, 0.2) is 0 Å². The number of amides is 1. The summed E-state index contributed by atoms with van der Waals surface area (Å²) < 4.78 is 0. The molecule has 1 heterocycles. The van der Waals surface area contributed by atoms with E-state index in [9.17, 15) is 4.79 Å². The average molecular weight is 258 g/mol. The summed E-state index contributed by atoms with van der Waals surface area (Å²) in [6, 6.07) is 11.0. The summed E-state index contributed by atoms with van der Waals surface area (Å²) in [4.78, 5) is 18.7. The molecule has 0 unspecified atom stereocenters. The molecule has 0 N–H and O–H groups in total. The average Bonchev–Trinajstić information content (AvgIpc) is 2.40. The third kappa shape index (κ3) is 3.11. The van der Waals surface area contributed by atoms with Crippen molar-refractivity contribution in [3.05, 3.63) is 59.9 Å². The van der Waals surface area contributed by atoms with Crippen molar-refractivity contribution < 1.29 is 4.79 Å². The van der Waals surface area contributed by atoms with Crippen molar-refractivity contribution in [3.63, 3.8) is 0 Å². The second kappa shape index (κ2) is 5.69. The van der Waals surface area contributed by atoms with Gasteiger partial charge < -0.3 is 4.90 Å². The Hall–Kier alpha value is -1.81. The van der Waals surface area contributed by atoms with Crippen LogP contribution in [0.25, 0.3) is 0 Å². The smallest absolute Gasteiger partial charge is 0.253 e. The second-order valence-electron chi connectivity index (χ2n) is 4.07. The van der Waals surface area contributed by atoms with E-state index in [4.69, 9.17) is 0 Å². The number of pyridine rings is 1. The molecular formula is C14H14N2OS. The summed E-state index contributed by atoms with van der Waals surface area (Å²) in [6.45, 7) is 0.551. The number of nitrogens with zero attached hydrogens (tertiary/aromatic N) is 2. The normalized spacial score (nSPS) is 10.1. The molecular weight excluding hydrogens is 244 g/mol. The fourth-order valence-corrected chi connectivity index (χ4v) is 1.81. The van der Waals surface area contributed by atoms with Crippen LogP contribution in [-0.2, 0) is 6.54 Å². The van der Waals surface area contributed by atoms with Crippen LogP contribution in [0, 0.1) is 0 Å². The molecule has 0 spiro atoms. The quantitative estimate of drug-likeness (QED) is 0.859. The Kier molecular flexibility index (Phi) is 3.99. The molecule has 0 saturated carbocycles. The van der Waals surface area contributed by atoms with Crippen LogP contribution in [0.15, 0.2) is 53.7 Å². The SMILES string of the molecule is CN(Cc1cccnc1)C(=O)c1ccc(S)cc1. The standard InChI is InChI=1S/C14H14N2OS/c1-16(10-11-3-2-8-15-9-11)14(17)12-4-6-13(18)7-5-12/h2-9,18H,10H2,1H3. The molecule has 1 aromatic carbocycles. The predicted octanol–water partition coefficient (Wildman–Crippen LogP) is 2.64. The number of rotatable bonds is 3. The summed E-state index contributed by atoms with van der Waals surface area (Å²) in [5.74, 6) is -0.00723. The van der Waals surface area contributed by atoms with Gasteiger partial charge in [-0.2, -0.15) is 0 Å². The zero-order valence-electron chi connectivity index (χ0n) is 10.1. The molecule has 0 atom stereocenters. The van der Waals surface area contributed by atoms with Crippen LogP contribution < -0.4 is 0 Å². The number of hydrogen-bond donors (Lipinski definition) is 1. The van der Waals surface area contributed by atoms with Crippen molar-refractivity contribution >= 4 is 18.5 Å². The Morgan fingerprint density at radius 2 is 2.00 bits per heavy atom. The van der Waals surface area contributed by atoms with E-state index >= 15 is 0 Å². The van der Waals surface area contributed by atoms with Gasteiger partial charge in [-0.05, 0) is 35.9 Å². The lowest BCUT2D eigenvalue weighted by atomic mass is 10.2. The van der Waals surface area contributed by atoms with E-state index in [1.165, 1.54) is 0 Å². The fourth-order valence-electron chi connectivity index (χ4n) is 1.66. The van der Waals surface area contributed by atoms with E-state index in [1.54, 1.807) is 36.5 Å². The highest BCUT2D eigenvalue weighted by atomic mass is 32.1. The summed E-state index contributed by atoms with van der Waals surface area (Å²) in [7, 11) is 1.78. The topological polar surface area (TPSA) is 33.2 Å². The summed E-state index contributed by atoms with van der Waals surface area (Å²) in [5.41, 5.74) is 1.68.